The molecule has 2 unspecified atom stereocenters. The number of rotatable bonds is 7. The lowest BCUT2D eigenvalue weighted by atomic mass is 10.1. The summed E-state index contributed by atoms with van der Waals surface area (Å²) in [6, 6.07) is 17.6. The van der Waals surface area contributed by atoms with Crippen LogP contribution in [0.15, 0.2) is 54.6 Å². The predicted octanol–water partition coefficient (Wildman–Crippen LogP) is 3.26. The molecule has 0 bridgehead atoms. The fourth-order valence-corrected chi connectivity index (χ4v) is 3.26. The van der Waals surface area contributed by atoms with Crippen molar-refractivity contribution in [2.75, 3.05) is 19.7 Å². The van der Waals surface area contributed by atoms with E-state index in [0.29, 0.717) is 24.8 Å². The van der Waals surface area contributed by atoms with Gasteiger partial charge >= 0.3 is 0 Å². The number of hydrogen-bond acceptors (Lipinski definition) is 4. The lowest BCUT2D eigenvalue weighted by molar-refractivity contribution is -0.134. The lowest BCUT2D eigenvalue weighted by Gasteiger charge is -2.21. The Balaban J connectivity index is 0.00000261. The monoisotopic (exact) mass is 390 g/mol. The molecular weight excluding hydrogens is 364 g/mol. The van der Waals surface area contributed by atoms with Crippen molar-refractivity contribution < 1.29 is 14.3 Å². The van der Waals surface area contributed by atoms with E-state index in [1.165, 1.54) is 0 Å². The number of carbonyl (C=O) groups is 1. The standard InChI is InChI=1S/C21H26N2O3.ClH/c1-16-11-18(12-22)13-23(16)21(24)15-26-20-9-7-19(8-10-20)25-14-17-5-3-2-4-6-17;/h2-10,16,18H,11-15,22H2,1H3;1H. The van der Waals surface area contributed by atoms with Crippen molar-refractivity contribution in [3.05, 3.63) is 60.2 Å². The van der Waals surface area contributed by atoms with Crippen LogP contribution in [0.5, 0.6) is 11.5 Å². The maximum atomic E-state index is 12.4. The Morgan fingerprint density at radius 2 is 1.70 bits per heavy atom. The Morgan fingerprint density at radius 3 is 2.30 bits per heavy atom. The first kappa shape index (κ1) is 21.1. The summed E-state index contributed by atoms with van der Waals surface area (Å²) in [6.45, 7) is 3.98. The van der Waals surface area contributed by atoms with Gasteiger partial charge in [-0.2, -0.15) is 0 Å². The molecule has 2 atom stereocenters. The molecule has 0 aliphatic carbocycles. The highest BCUT2D eigenvalue weighted by Crippen LogP contribution is 2.23. The van der Waals surface area contributed by atoms with E-state index in [9.17, 15) is 4.79 Å². The Labute approximate surface area is 166 Å². The van der Waals surface area contributed by atoms with Crippen LogP contribution in [0.2, 0.25) is 0 Å². The quantitative estimate of drug-likeness (QED) is 0.788. The molecule has 2 aromatic rings. The number of likely N-dealkylation sites (tertiary alicyclic amines) is 1. The molecule has 0 radical (unpaired) electrons. The van der Waals surface area contributed by atoms with Crippen LogP contribution in [0, 0.1) is 5.92 Å². The van der Waals surface area contributed by atoms with Crippen LogP contribution in [-0.2, 0) is 11.4 Å². The molecule has 1 amide bonds. The Hall–Kier alpha value is -2.24. The summed E-state index contributed by atoms with van der Waals surface area (Å²) < 4.78 is 11.4. The molecule has 0 saturated carbocycles. The highest BCUT2D eigenvalue weighted by atomic mass is 35.5. The van der Waals surface area contributed by atoms with Crippen LogP contribution in [0.4, 0.5) is 0 Å². The fraction of sp³-hybridized carbons (Fsp3) is 0.381. The minimum Gasteiger partial charge on any atom is -0.489 e. The van der Waals surface area contributed by atoms with Crippen molar-refractivity contribution >= 4 is 18.3 Å². The SMILES string of the molecule is CC1CC(CN)CN1C(=O)COc1ccc(OCc2ccccc2)cc1.Cl. The van der Waals surface area contributed by atoms with Gasteiger partial charge in [0, 0.05) is 12.6 Å². The minimum absolute atomic E-state index is 0. The second-order valence-electron chi connectivity index (χ2n) is 6.77. The van der Waals surface area contributed by atoms with Crippen LogP contribution in [0.25, 0.3) is 0 Å². The number of ether oxygens (including phenoxy) is 2. The Kier molecular flexibility index (Phi) is 7.95. The molecule has 1 saturated heterocycles. The molecule has 2 aromatic carbocycles. The average Bonchev–Trinajstić information content (AvgIpc) is 3.07. The van der Waals surface area contributed by atoms with Crippen LogP contribution in [-0.4, -0.2) is 36.5 Å². The van der Waals surface area contributed by atoms with Gasteiger partial charge in [0.1, 0.15) is 18.1 Å². The van der Waals surface area contributed by atoms with Crippen molar-refractivity contribution in [2.45, 2.75) is 26.0 Å². The molecule has 1 aliphatic rings. The van der Waals surface area contributed by atoms with E-state index < -0.39 is 0 Å². The van der Waals surface area contributed by atoms with Gasteiger partial charge in [-0.15, -0.1) is 12.4 Å². The summed E-state index contributed by atoms with van der Waals surface area (Å²) in [5, 5.41) is 0. The molecule has 1 heterocycles. The third kappa shape index (κ3) is 5.88. The number of nitrogens with two attached hydrogens (primary N) is 1. The van der Waals surface area contributed by atoms with E-state index in [-0.39, 0.29) is 31.0 Å². The third-order valence-electron chi connectivity index (χ3n) is 4.75. The predicted molar refractivity (Wildman–Crippen MR) is 108 cm³/mol. The highest BCUT2D eigenvalue weighted by molar-refractivity contribution is 5.85. The van der Waals surface area contributed by atoms with Crippen LogP contribution in [0.1, 0.15) is 18.9 Å². The summed E-state index contributed by atoms with van der Waals surface area (Å²) >= 11 is 0. The topological polar surface area (TPSA) is 64.8 Å². The molecule has 6 heteroatoms. The van der Waals surface area contributed by atoms with E-state index in [4.69, 9.17) is 15.2 Å². The normalized spacial score (nSPS) is 18.7. The van der Waals surface area contributed by atoms with Crippen molar-refractivity contribution in [2.24, 2.45) is 11.7 Å². The van der Waals surface area contributed by atoms with E-state index >= 15 is 0 Å². The lowest BCUT2D eigenvalue weighted by Crippen LogP contribution is -2.37. The zero-order chi connectivity index (χ0) is 18.4. The van der Waals surface area contributed by atoms with Gasteiger partial charge < -0.3 is 20.1 Å². The Bertz CT molecular complexity index is 709. The maximum Gasteiger partial charge on any atom is 0.260 e. The zero-order valence-corrected chi connectivity index (χ0v) is 16.4. The molecule has 1 aliphatic heterocycles. The van der Waals surface area contributed by atoms with Gasteiger partial charge in [0.15, 0.2) is 6.61 Å². The number of hydrogen-bond donors (Lipinski definition) is 1. The molecule has 0 aromatic heterocycles. The van der Waals surface area contributed by atoms with Gasteiger partial charge in [0.2, 0.25) is 0 Å². The summed E-state index contributed by atoms with van der Waals surface area (Å²) in [5.74, 6) is 1.84. The summed E-state index contributed by atoms with van der Waals surface area (Å²) in [6.07, 6.45) is 0.968. The number of carbonyl (C=O) groups excluding carboxylic acids is 1. The smallest absolute Gasteiger partial charge is 0.260 e. The Morgan fingerprint density at radius 1 is 1.07 bits per heavy atom. The fourth-order valence-electron chi connectivity index (χ4n) is 3.26. The number of halogens is 1. The van der Waals surface area contributed by atoms with Gasteiger partial charge in [-0.25, -0.2) is 0 Å². The van der Waals surface area contributed by atoms with Gasteiger partial charge in [-0.3, -0.25) is 4.79 Å². The van der Waals surface area contributed by atoms with Crippen LogP contribution < -0.4 is 15.2 Å². The molecule has 146 valence electrons. The second kappa shape index (κ2) is 10.2. The van der Waals surface area contributed by atoms with Gasteiger partial charge in [-0.05, 0) is 55.6 Å². The molecule has 1 fully saturated rings. The van der Waals surface area contributed by atoms with E-state index in [2.05, 4.69) is 6.92 Å². The van der Waals surface area contributed by atoms with Crippen molar-refractivity contribution in [1.82, 2.24) is 4.90 Å². The first-order valence-electron chi connectivity index (χ1n) is 9.05. The van der Waals surface area contributed by atoms with Crippen molar-refractivity contribution in [3.8, 4) is 11.5 Å². The van der Waals surface area contributed by atoms with E-state index in [1.54, 1.807) is 0 Å². The molecule has 3 rings (SSSR count). The van der Waals surface area contributed by atoms with E-state index in [1.807, 2.05) is 59.5 Å². The maximum absolute atomic E-state index is 12.4. The number of amides is 1. The summed E-state index contributed by atoms with van der Waals surface area (Å²) in [7, 11) is 0. The number of nitrogens with zero attached hydrogens (tertiary/aromatic N) is 1. The summed E-state index contributed by atoms with van der Waals surface area (Å²) in [4.78, 5) is 14.2. The summed E-state index contributed by atoms with van der Waals surface area (Å²) in [5.41, 5.74) is 6.84. The largest absolute Gasteiger partial charge is 0.489 e. The van der Waals surface area contributed by atoms with Gasteiger partial charge in [0.25, 0.3) is 5.91 Å². The number of benzene rings is 2. The van der Waals surface area contributed by atoms with Gasteiger partial charge in [-0.1, -0.05) is 30.3 Å². The van der Waals surface area contributed by atoms with Crippen molar-refractivity contribution in [3.63, 3.8) is 0 Å². The molecule has 27 heavy (non-hydrogen) atoms. The first-order valence-corrected chi connectivity index (χ1v) is 9.05. The van der Waals surface area contributed by atoms with Crippen LogP contribution >= 0.6 is 12.4 Å². The third-order valence-corrected chi connectivity index (χ3v) is 4.75. The van der Waals surface area contributed by atoms with Crippen molar-refractivity contribution in [1.29, 1.82) is 0 Å². The van der Waals surface area contributed by atoms with E-state index in [0.717, 1.165) is 24.3 Å². The molecule has 0 spiro atoms. The zero-order valence-electron chi connectivity index (χ0n) is 15.5. The second-order valence-corrected chi connectivity index (χ2v) is 6.77. The molecular formula is C21H27ClN2O3. The first-order chi connectivity index (χ1) is 12.7. The molecule has 2 N–H and O–H groups in total. The average molecular weight is 391 g/mol. The highest BCUT2D eigenvalue weighted by Gasteiger charge is 2.31. The van der Waals surface area contributed by atoms with Gasteiger partial charge in [0.05, 0.1) is 0 Å². The minimum atomic E-state index is 0. The van der Waals surface area contributed by atoms with Crippen LogP contribution in [0.3, 0.4) is 0 Å². The molecule has 5 nitrogen and oxygen atoms in total.